The van der Waals surface area contributed by atoms with Crippen molar-refractivity contribution in [1.29, 1.82) is 0 Å². The van der Waals surface area contributed by atoms with E-state index in [0.717, 1.165) is 12.0 Å². The number of hydrogen-bond donors (Lipinski definition) is 2. The highest BCUT2D eigenvalue weighted by atomic mass is 35.5. The first-order valence-corrected chi connectivity index (χ1v) is 11.8. The third-order valence-electron chi connectivity index (χ3n) is 7.10. The molecule has 2 aromatic carbocycles. The Morgan fingerprint density at radius 2 is 1.80 bits per heavy atom. The second kappa shape index (κ2) is 8.81. The topological polar surface area (TPSA) is 122 Å². The van der Waals surface area contributed by atoms with Gasteiger partial charge in [0.05, 0.1) is 16.8 Å². The molecule has 5 rings (SSSR count). The summed E-state index contributed by atoms with van der Waals surface area (Å²) in [5.74, 6) is -1.10. The van der Waals surface area contributed by atoms with Crippen molar-refractivity contribution in [2.45, 2.75) is 13.3 Å². The lowest BCUT2D eigenvalue weighted by molar-refractivity contribution is -0.384. The van der Waals surface area contributed by atoms with Gasteiger partial charge in [-0.05, 0) is 55.0 Å². The van der Waals surface area contributed by atoms with Crippen molar-refractivity contribution in [3.05, 3.63) is 74.8 Å². The molecule has 1 saturated heterocycles. The fourth-order valence-electron chi connectivity index (χ4n) is 5.33. The highest BCUT2D eigenvalue weighted by Crippen LogP contribution is 2.52. The highest BCUT2D eigenvalue weighted by molar-refractivity contribution is 6.31. The minimum atomic E-state index is -0.582. The normalized spacial score (nSPS) is 24.1. The lowest BCUT2D eigenvalue weighted by Gasteiger charge is -2.18. The van der Waals surface area contributed by atoms with Crippen LogP contribution < -0.4 is 10.6 Å². The van der Waals surface area contributed by atoms with Gasteiger partial charge in [0.25, 0.3) is 11.6 Å². The van der Waals surface area contributed by atoms with Gasteiger partial charge in [-0.2, -0.15) is 0 Å². The molecule has 2 bridgehead atoms. The maximum Gasteiger partial charge on any atom is 0.293 e. The van der Waals surface area contributed by atoms with Gasteiger partial charge >= 0.3 is 0 Å². The zero-order valence-corrected chi connectivity index (χ0v) is 19.6. The molecule has 2 aromatic rings. The highest BCUT2D eigenvalue weighted by Gasteiger charge is 2.58. The van der Waals surface area contributed by atoms with Crippen LogP contribution in [0.4, 0.5) is 17.1 Å². The van der Waals surface area contributed by atoms with Crippen LogP contribution in [-0.4, -0.2) is 40.6 Å². The number of amides is 3. The van der Waals surface area contributed by atoms with Crippen LogP contribution in [0.15, 0.2) is 48.6 Å². The quantitative estimate of drug-likeness (QED) is 0.259. The van der Waals surface area contributed by atoms with Gasteiger partial charge in [0.15, 0.2) is 0 Å². The standard InChI is InChI=1S/C25H23ClN4O5/c1-13-2-6-17(12-18(13)26)28-23(31)16-5-7-19(20(11-16)30(34)35)27-8-9-29-24(32)21-14-3-4-15(10-14)22(21)25(29)33/h2-7,11-12,14-15,21-22,27H,8-10H2,1H3,(H,28,31)/t14-,15+,21-,22+. The Morgan fingerprint density at radius 3 is 2.43 bits per heavy atom. The smallest absolute Gasteiger partial charge is 0.293 e. The molecule has 3 amide bonds. The summed E-state index contributed by atoms with van der Waals surface area (Å²) in [4.78, 5) is 50.6. The number of rotatable bonds is 7. The van der Waals surface area contributed by atoms with Gasteiger partial charge in [-0.3, -0.25) is 29.4 Å². The Balaban J connectivity index is 1.24. The zero-order valence-electron chi connectivity index (χ0n) is 18.9. The van der Waals surface area contributed by atoms with Crippen LogP contribution in [0.2, 0.25) is 5.02 Å². The first-order valence-electron chi connectivity index (χ1n) is 11.4. The molecular formula is C25H23ClN4O5. The van der Waals surface area contributed by atoms with Gasteiger partial charge in [0.2, 0.25) is 11.8 Å². The molecule has 0 radical (unpaired) electrons. The molecule has 4 atom stereocenters. The Kier molecular flexibility index (Phi) is 5.80. The van der Waals surface area contributed by atoms with Gasteiger partial charge in [-0.1, -0.05) is 29.8 Å². The van der Waals surface area contributed by atoms with Crippen LogP contribution in [0.3, 0.4) is 0 Å². The number of allylic oxidation sites excluding steroid dienone is 2. The third kappa shape index (κ3) is 4.05. The summed E-state index contributed by atoms with van der Waals surface area (Å²) in [5.41, 5.74) is 1.37. The SMILES string of the molecule is Cc1ccc(NC(=O)c2ccc(NCCN3C(=O)[C@@H]4[C@H](C3=O)[C@@H]3C=C[C@H]4C3)c([N+](=O)[O-])c2)cc1Cl. The summed E-state index contributed by atoms with van der Waals surface area (Å²) in [5, 5.41) is 17.8. The number of likely N-dealkylation sites (tertiary alicyclic amines) is 1. The van der Waals surface area contributed by atoms with Crippen molar-refractivity contribution in [1.82, 2.24) is 4.90 Å². The minimum absolute atomic E-state index is 0.111. The van der Waals surface area contributed by atoms with Crippen molar-refractivity contribution in [2.24, 2.45) is 23.7 Å². The second-order valence-corrected chi connectivity index (χ2v) is 9.57. The molecular weight excluding hydrogens is 472 g/mol. The van der Waals surface area contributed by atoms with Crippen LogP contribution in [0.25, 0.3) is 0 Å². The summed E-state index contributed by atoms with van der Waals surface area (Å²) in [6.45, 7) is 2.12. The summed E-state index contributed by atoms with van der Waals surface area (Å²) >= 11 is 6.09. The number of nitro benzene ring substituents is 1. The molecule has 9 nitrogen and oxygen atoms in total. The number of fused-ring (bicyclic) bond motifs is 5. The molecule has 1 heterocycles. The van der Waals surface area contributed by atoms with E-state index in [2.05, 4.69) is 10.6 Å². The first-order chi connectivity index (χ1) is 16.7. The Labute approximate surface area is 206 Å². The van der Waals surface area contributed by atoms with Gasteiger partial charge in [0, 0.05) is 35.4 Å². The van der Waals surface area contributed by atoms with Gasteiger partial charge < -0.3 is 10.6 Å². The number of nitrogens with one attached hydrogen (secondary N) is 2. The summed E-state index contributed by atoms with van der Waals surface area (Å²) in [6, 6.07) is 9.17. The van der Waals surface area contributed by atoms with Crippen molar-refractivity contribution in [2.75, 3.05) is 23.7 Å². The second-order valence-electron chi connectivity index (χ2n) is 9.16. The molecule has 0 aromatic heterocycles. The molecule has 10 heteroatoms. The average molecular weight is 495 g/mol. The minimum Gasteiger partial charge on any atom is -0.378 e. The molecule has 1 saturated carbocycles. The number of carbonyl (C=O) groups excluding carboxylic acids is 3. The summed E-state index contributed by atoms with van der Waals surface area (Å²) in [6.07, 6.45) is 4.93. The molecule has 35 heavy (non-hydrogen) atoms. The largest absolute Gasteiger partial charge is 0.378 e. The monoisotopic (exact) mass is 494 g/mol. The van der Waals surface area contributed by atoms with Gasteiger partial charge in [-0.25, -0.2) is 0 Å². The van der Waals surface area contributed by atoms with Crippen LogP contribution in [0, 0.1) is 40.7 Å². The van der Waals surface area contributed by atoms with E-state index in [4.69, 9.17) is 11.6 Å². The van der Waals surface area contributed by atoms with Crippen molar-refractivity contribution >= 4 is 46.4 Å². The van der Waals surface area contributed by atoms with E-state index >= 15 is 0 Å². The Hall–Kier alpha value is -3.72. The maximum atomic E-state index is 12.8. The number of imide groups is 1. The maximum absolute atomic E-state index is 12.8. The lowest BCUT2D eigenvalue weighted by atomic mass is 9.85. The zero-order chi connectivity index (χ0) is 24.9. The fourth-order valence-corrected chi connectivity index (χ4v) is 5.51. The van der Waals surface area contributed by atoms with Gasteiger partial charge in [0.1, 0.15) is 5.69 Å². The lowest BCUT2D eigenvalue weighted by Crippen LogP contribution is -2.36. The summed E-state index contributed by atoms with van der Waals surface area (Å²) < 4.78 is 0. The number of hydrogen-bond acceptors (Lipinski definition) is 6. The van der Waals surface area contributed by atoms with E-state index in [1.165, 1.54) is 23.1 Å². The number of benzene rings is 2. The average Bonchev–Trinajstić information content (AvgIpc) is 3.51. The van der Waals surface area contributed by atoms with Crippen LogP contribution >= 0.6 is 11.6 Å². The van der Waals surface area contributed by atoms with E-state index in [0.29, 0.717) is 10.7 Å². The number of nitro groups is 1. The molecule has 3 aliphatic rings. The molecule has 2 aliphatic carbocycles. The number of anilines is 2. The van der Waals surface area contributed by atoms with E-state index in [9.17, 15) is 24.5 Å². The molecule has 180 valence electrons. The number of nitrogens with zero attached hydrogens (tertiary/aromatic N) is 2. The number of carbonyl (C=O) groups is 3. The number of halogens is 1. The van der Waals surface area contributed by atoms with Crippen LogP contribution in [0.5, 0.6) is 0 Å². The van der Waals surface area contributed by atoms with Crippen molar-refractivity contribution < 1.29 is 19.3 Å². The van der Waals surface area contributed by atoms with E-state index in [-0.39, 0.29) is 65.5 Å². The molecule has 2 fully saturated rings. The molecule has 2 N–H and O–H groups in total. The molecule has 0 spiro atoms. The van der Waals surface area contributed by atoms with Gasteiger partial charge in [-0.15, -0.1) is 0 Å². The summed E-state index contributed by atoms with van der Waals surface area (Å²) in [7, 11) is 0. The van der Waals surface area contributed by atoms with E-state index < -0.39 is 10.8 Å². The third-order valence-corrected chi connectivity index (χ3v) is 7.51. The number of aryl methyl sites for hydroxylation is 1. The van der Waals surface area contributed by atoms with Crippen molar-refractivity contribution in [3.8, 4) is 0 Å². The molecule has 0 unspecified atom stereocenters. The van der Waals surface area contributed by atoms with E-state index in [1.54, 1.807) is 18.2 Å². The predicted octanol–water partition coefficient (Wildman–Crippen LogP) is 4.03. The van der Waals surface area contributed by atoms with Crippen LogP contribution in [-0.2, 0) is 9.59 Å². The fraction of sp³-hybridized carbons (Fsp3) is 0.320. The molecule has 1 aliphatic heterocycles. The first kappa shape index (κ1) is 23.0. The van der Waals surface area contributed by atoms with E-state index in [1.807, 2.05) is 19.1 Å². The van der Waals surface area contributed by atoms with Crippen LogP contribution in [0.1, 0.15) is 22.3 Å². The predicted molar refractivity (Wildman–Crippen MR) is 130 cm³/mol. The Morgan fingerprint density at radius 1 is 1.11 bits per heavy atom. The Bertz CT molecular complexity index is 1260. The van der Waals surface area contributed by atoms with Crippen molar-refractivity contribution in [3.63, 3.8) is 0 Å².